The van der Waals surface area contributed by atoms with Gasteiger partial charge >= 0.3 is 0 Å². The first-order valence-corrected chi connectivity index (χ1v) is 11.2. The summed E-state index contributed by atoms with van der Waals surface area (Å²) in [5.41, 5.74) is 2.51. The summed E-state index contributed by atoms with van der Waals surface area (Å²) in [5, 5.41) is 5.65. The van der Waals surface area contributed by atoms with Crippen LogP contribution in [-0.4, -0.2) is 11.8 Å². The van der Waals surface area contributed by atoms with Crippen LogP contribution in [0, 0.1) is 0 Å². The van der Waals surface area contributed by atoms with Crippen LogP contribution in [0.15, 0.2) is 107 Å². The summed E-state index contributed by atoms with van der Waals surface area (Å²) >= 11 is 1.75. The minimum atomic E-state index is -0.286. The Morgan fingerprint density at radius 1 is 0.781 bits per heavy atom. The van der Waals surface area contributed by atoms with Crippen molar-refractivity contribution in [1.29, 1.82) is 0 Å². The number of thioether (sulfide) groups is 1. The standard InChI is InChI=1S/C26H22N2O3S/c29-25(20-14-12-19(13-15-20)18-32-22-8-2-1-3-9-22)28-24-11-5-4-10-23(24)26(30)27-17-21-7-6-16-31-21/h1-16H,17-18H2,(H,27,30)(H,28,29). The fourth-order valence-electron chi connectivity index (χ4n) is 3.10. The third-order valence-electron chi connectivity index (χ3n) is 4.79. The zero-order valence-electron chi connectivity index (χ0n) is 17.3. The zero-order chi connectivity index (χ0) is 22.2. The summed E-state index contributed by atoms with van der Waals surface area (Å²) < 4.78 is 5.24. The summed E-state index contributed by atoms with van der Waals surface area (Å²) in [6.45, 7) is 0.274. The van der Waals surface area contributed by atoms with Crippen molar-refractivity contribution in [1.82, 2.24) is 5.32 Å². The van der Waals surface area contributed by atoms with Gasteiger partial charge in [0, 0.05) is 16.2 Å². The highest BCUT2D eigenvalue weighted by atomic mass is 32.2. The number of carbonyl (C=O) groups is 2. The van der Waals surface area contributed by atoms with Gasteiger partial charge in [0.25, 0.3) is 11.8 Å². The van der Waals surface area contributed by atoms with Gasteiger partial charge in [-0.2, -0.15) is 0 Å². The Bertz CT molecular complexity index is 1170. The van der Waals surface area contributed by atoms with Gasteiger partial charge in [0.1, 0.15) is 5.76 Å². The van der Waals surface area contributed by atoms with Gasteiger partial charge in [-0.05, 0) is 54.1 Å². The van der Waals surface area contributed by atoms with Crippen LogP contribution >= 0.6 is 11.8 Å². The van der Waals surface area contributed by atoms with Crippen molar-refractivity contribution in [2.24, 2.45) is 0 Å². The Kier molecular flexibility index (Phi) is 7.05. The molecule has 0 bridgehead atoms. The van der Waals surface area contributed by atoms with Crippen LogP contribution in [0.25, 0.3) is 0 Å². The molecule has 0 saturated heterocycles. The molecule has 0 unspecified atom stereocenters. The maximum atomic E-state index is 12.8. The summed E-state index contributed by atoms with van der Waals surface area (Å²) in [6.07, 6.45) is 1.56. The molecule has 0 atom stereocenters. The predicted molar refractivity (Wildman–Crippen MR) is 127 cm³/mol. The predicted octanol–water partition coefficient (Wildman–Crippen LogP) is 5.75. The van der Waals surface area contributed by atoms with Gasteiger partial charge in [-0.3, -0.25) is 9.59 Å². The molecule has 0 aliphatic carbocycles. The molecule has 0 fully saturated rings. The molecule has 3 aromatic carbocycles. The van der Waals surface area contributed by atoms with Crippen LogP contribution in [0.1, 0.15) is 32.0 Å². The van der Waals surface area contributed by atoms with Gasteiger partial charge in [-0.25, -0.2) is 0 Å². The van der Waals surface area contributed by atoms with E-state index < -0.39 is 0 Å². The third-order valence-corrected chi connectivity index (χ3v) is 5.87. The fourth-order valence-corrected chi connectivity index (χ4v) is 3.97. The molecular formula is C26H22N2O3S. The van der Waals surface area contributed by atoms with Crippen molar-refractivity contribution in [3.63, 3.8) is 0 Å². The molecule has 32 heavy (non-hydrogen) atoms. The van der Waals surface area contributed by atoms with E-state index in [0.29, 0.717) is 22.6 Å². The number of rotatable bonds is 8. The lowest BCUT2D eigenvalue weighted by atomic mass is 10.1. The largest absolute Gasteiger partial charge is 0.467 e. The molecule has 5 nitrogen and oxygen atoms in total. The van der Waals surface area contributed by atoms with E-state index in [0.717, 1.165) is 11.3 Å². The second kappa shape index (κ2) is 10.5. The number of carbonyl (C=O) groups excluding carboxylic acids is 2. The van der Waals surface area contributed by atoms with E-state index in [4.69, 9.17) is 4.42 Å². The van der Waals surface area contributed by atoms with Gasteiger partial charge in [-0.1, -0.05) is 42.5 Å². The molecule has 0 saturated carbocycles. The van der Waals surface area contributed by atoms with Crippen molar-refractivity contribution in [2.75, 3.05) is 5.32 Å². The molecule has 2 N–H and O–H groups in total. The fraction of sp³-hybridized carbons (Fsp3) is 0.0769. The lowest BCUT2D eigenvalue weighted by molar-refractivity contribution is 0.0949. The lowest BCUT2D eigenvalue weighted by Gasteiger charge is -2.11. The van der Waals surface area contributed by atoms with Gasteiger partial charge in [0.15, 0.2) is 0 Å². The van der Waals surface area contributed by atoms with Crippen LogP contribution in [-0.2, 0) is 12.3 Å². The van der Waals surface area contributed by atoms with Gasteiger partial charge in [0.05, 0.1) is 24.1 Å². The van der Waals surface area contributed by atoms with E-state index in [9.17, 15) is 9.59 Å². The Labute approximate surface area is 190 Å². The van der Waals surface area contributed by atoms with Crippen molar-refractivity contribution < 1.29 is 14.0 Å². The highest BCUT2D eigenvalue weighted by Gasteiger charge is 2.14. The van der Waals surface area contributed by atoms with Crippen molar-refractivity contribution in [2.45, 2.75) is 17.2 Å². The van der Waals surface area contributed by atoms with Crippen LogP contribution in [0.5, 0.6) is 0 Å². The summed E-state index contributed by atoms with van der Waals surface area (Å²) in [5.74, 6) is 0.930. The molecule has 0 spiro atoms. The molecule has 4 aromatic rings. The summed E-state index contributed by atoms with van der Waals surface area (Å²) in [6, 6.07) is 28.2. The number of furan rings is 1. The van der Waals surface area contributed by atoms with Crippen LogP contribution < -0.4 is 10.6 Å². The SMILES string of the molecule is O=C(Nc1ccccc1C(=O)NCc1ccco1)c1ccc(CSc2ccccc2)cc1. The van der Waals surface area contributed by atoms with E-state index in [1.165, 1.54) is 4.90 Å². The molecular weight excluding hydrogens is 420 g/mol. The third kappa shape index (κ3) is 5.68. The Morgan fingerprint density at radius 3 is 2.28 bits per heavy atom. The molecule has 4 rings (SSSR count). The van der Waals surface area contributed by atoms with E-state index in [2.05, 4.69) is 22.8 Å². The number of hydrogen-bond donors (Lipinski definition) is 2. The second-order valence-electron chi connectivity index (χ2n) is 7.06. The maximum absolute atomic E-state index is 12.8. The average Bonchev–Trinajstić information content (AvgIpc) is 3.36. The van der Waals surface area contributed by atoms with Gasteiger partial charge in [0.2, 0.25) is 0 Å². The smallest absolute Gasteiger partial charge is 0.255 e. The van der Waals surface area contributed by atoms with Gasteiger partial charge < -0.3 is 15.1 Å². The van der Waals surface area contributed by atoms with Crippen molar-refractivity contribution in [3.8, 4) is 0 Å². The molecule has 6 heteroatoms. The molecule has 1 aromatic heterocycles. The molecule has 0 aliphatic heterocycles. The summed E-state index contributed by atoms with van der Waals surface area (Å²) in [4.78, 5) is 26.6. The molecule has 1 heterocycles. The van der Waals surface area contributed by atoms with E-state index >= 15 is 0 Å². The molecule has 0 radical (unpaired) electrons. The lowest BCUT2D eigenvalue weighted by Crippen LogP contribution is -2.24. The molecule has 0 aliphatic rings. The van der Waals surface area contributed by atoms with Crippen LogP contribution in [0.4, 0.5) is 5.69 Å². The number of anilines is 1. The molecule has 160 valence electrons. The normalized spacial score (nSPS) is 10.5. The van der Waals surface area contributed by atoms with Crippen molar-refractivity contribution >= 4 is 29.3 Å². The number of nitrogens with one attached hydrogen (secondary N) is 2. The van der Waals surface area contributed by atoms with E-state index in [1.54, 1.807) is 66.6 Å². The van der Waals surface area contributed by atoms with E-state index in [-0.39, 0.29) is 18.4 Å². The van der Waals surface area contributed by atoms with Crippen LogP contribution in [0.2, 0.25) is 0 Å². The summed E-state index contributed by atoms with van der Waals surface area (Å²) in [7, 11) is 0. The minimum absolute atomic E-state index is 0.265. The first-order chi connectivity index (χ1) is 15.7. The first kappa shape index (κ1) is 21.5. The van der Waals surface area contributed by atoms with Crippen LogP contribution in [0.3, 0.4) is 0 Å². The monoisotopic (exact) mass is 442 g/mol. The highest BCUT2D eigenvalue weighted by Crippen LogP contribution is 2.23. The Hall–Kier alpha value is -3.77. The average molecular weight is 443 g/mol. The van der Waals surface area contributed by atoms with E-state index in [1.807, 2.05) is 30.3 Å². The number of benzene rings is 3. The topological polar surface area (TPSA) is 71.3 Å². The second-order valence-corrected chi connectivity index (χ2v) is 8.11. The number of para-hydroxylation sites is 1. The Morgan fingerprint density at radius 2 is 1.53 bits per heavy atom. The quantitative estimate of drug-likeness (QED) is 0.341. The molecule has 2 amide bonds. The minimum Gasteiger partial charge on any atom is -0.467 e. The zero-order valence-corrected chi connectivity index (χ0v) is 18.1. The highest BCUT2D eigenvalue weighted by molar-refractivity contribution is 7.98. The maximum Gasteiger partial charge on any atom is 0.255 e. The first-order valence-electron chi connectivity index (χ1n) is 10.2. The van der Waals surface area contributed by atoms with Gasteiger partial charge in [-0.15, -0.1) is 11.8 Å². The van der Waals surface area contributed by atoms with Crippen molar-refractivity contribution in [3.05, 3.63) is 120 Å². The number of hydrogen-bond acceptors (Lipinski definition) is 4. The Balaban J connectivity index is 1.37. The number of amides is 2.